The van der Waals surface area contributed by atoms with Crippen molar-refractivity contribution in [3.05, 3.63) is 58.6 Å². The van der Waals surface area contributed by atoms with Crippen LogP contribution < -0.4 is 5.32 Å². The first kappa shape index (κ1) is 19.2. The molecule has 1 aliphatic rings. The van der Waals surface area contributed by atoms with E-state index in [9.17, 15) is 4.79 Å². The number of halogens is 1. The van der Waals surface area contributed by atoms with Gasteiger partial charge in [0.05, 0.1) is 27.9 Å². The third-order valence-corrected chi connectivity index (χ3v) is 6.20. The van der Waals surface area contributed by atoms with Gasteiger partial charge >= 0.3 is 0 Å². The van der Waals surface area contributed by atoms with Crippen molar-refractivity contribution in [3.63, 3.8) is 0 Å². The van der Waals surface area contributed by atoms with E-state index in [2.05, 4.69) is 14.8 Å². The first-order valence-electron chi connectivity index (χ1n) is 10.0. The number of fused-ring (bicyclic) bond motifs is 1. The first-order chi connectivity index (χ1) is 14.7. The van der Waals surface area contributed by atoms with Crippen molar-refractivity contribution in [3.8, 4) is 11.3 Å². The normalized spacial score (nSPS) is 13.6. The summed E-state index contributed by atoms with van der Waals surface area (Å²) in [5.74, 6) is 1.09. The highest BCUT2D eigenvalue weighted by molar-refractivity contribution is 7.03. The lowest BCUT2D eigenvalue weighted by molar-refractivity contribution is 0.102. The summed E-state index contributed by atoms with van der Waals surface area (Å²) in [5, 5.41) is 10.6. The van der Waals surface area contributed by atoms with Crippen LogP contribution >= 0.6 is 23.1 Å². The number of amides is 1. The molecule has 0 bridgehead atoms. The SMILES string of the molecule is O=C(Nc1nn(CCCC2CC2)c2nc(-c3ccccc3)c(Cl)cc12)c1cnsc1. The lowest BCUT2D eigenvalue weighted by atomic mass is 10.1. The average Bonchev–Trinajstić information content (AvgIpc) is 3.30. The predicted molar refractivity (Wildman–Crippen MR) is 120 cm³/mol. The Morgan fingerprint density at radius 3 is 2.83 bits per heavy atom. The largest absolute Gasteiger partial charge is 0.304 e. The number of pyridine rings is 1. The molecule has 1 N–H and O–H groups in total. The van der Waals surface area contributed by atoms with Crippen LogP contribution in [0.25, 0.3) is 22.3 Å². The second-order valence-electron chi connectivity index (χ2n) is 7.58. The van der Waals surface area contributed by atoms with Crippen molar-refractivity contribution in [2.45, 2.75) is 32.2 Å². The zero-order valence-corrected chi connectivity index (χ0v) is 17.8. The van der Waals surface area contributed by atoms with Gasteiger partial charge in [0, 0.05) is 17.5 Å². The molecular weight excluding hydrogens is 418 g/mol. The number of anilines is 1. The molecule has 1 amide bonds. The number of carbonyl (C=O) groups excluding carboxylic acids is 1. The highest BCUT2D eigenvalue weighted by atomic mass is 35.5. The molecular formula is C22H20ClN5OS. The minimum absolute atomic E-state index is 0.239. The number of aryl methyl sites for hydroxylation is 1. The summed E-state index contributed by atoms with van der Waals surface area (Å²) < 4.78 is 5.89. The second kappa shape index (κ2) is 8.16. The summed E-state index contributed by atoms with van der Waals surface area (Å²) in [6.45, 7) is 0.756. The summed E-state index contributed by atoms with van der Waals surface area (Å²) >= 11 is 7.83. The molecule has 1 aromatic carbocycles. The fraction of sp³-hybridized carbons (Fsp3) is 0.273. The van der Waals surface area contributed by atoms with Gasteiger partial charge in [-0.05, 0) is 36.4 Å². The Bertz CT molecular complexity index is 1190. The molecule has 0 radical (unpaired) electrons. The highest BCUT2D eigenvalue weighted by Crippen LogP contribution is 2.35. The molecule has 1 aliphatic carbocycles. The molecule has 5 rings (SSSR count). The molecule has 8 heteroatoms. The summed E-state index contributed by atoms with van der Waals surface area (Å²) in [7, 11) is 0. The van der Waals surface area contributed by atoms with Gasteiger partial charge in [-0.25, -0.2) is 14.0 Å². The Morgan fingerprint density at radius 2 is 2.10 bits per heavy atom. The van der Waals surface area contributed by atoms with Crippen LogP contribution in [0.1, 0.15) is 36.0 Å². The van der Waals surface area contributed by atoms with Gasteiger partial charge in [-0.2, -0.15) is 5.10 Å². The topological polar surface area (TPSA) is 72.7 Å². The van der Waals surface area contributed by atoms with Crippen molar-refractivity contribution < 1.29 is 4.79 Å². The fourth-order valence-electron chi connectivity index (χ4n) is 3.55. The molecule has 0 atom stereocenters. The van der Waals surface area contributed by atoms with E-state index in [0.717, 1.165) is 35.5 Å². The van der Waals surface area contributed by atoms with Crippen LogP contribution in [0.5, 0.6) is 0 Å². The molecule has 3 heterocycles. The Balaban J connectivity index is 1.53. The summed E-state index contributed by atoms with van der Waals surface area (Å²) in [4.78, 5) is 17.4. The van der Waals surface area contributed by atoms with Crippen LogP contribution in [-0.4, -0.2) is 25.0 Å². The van der Waals surface area contributed by atoms with E-state index < -0.39 is 0 Å². The Labute approximate surface area is 183 Å². The van der Waals surface area contributed by atoms with E-state index in [1.54, 1.807) is 11.6 Å². The Morgan fingerprint density at radius 1 is 1.27 bits per heavy atom. The summed E-state index contributed by atoms with van der Waals surface area (Å²) in [6, 6.07) is 11.7. The van der Waals surface area contributed by atoms with Gasteiger partial charge in [0.15, 0.2) is 11.5 Å². The lowest BCUT2D eigenvalue weighted by Gasteiger charge is -2.06. The van der Waals surface area contributed by atoms with Crippen LogP contribution in [0, 0.1) is 5.92 Å². The number of hydrogen-bond donors (Lipinski definition) is 1. The first-order valence-corrected chi connectivity index (χ1v) is 11.2. The van der Waals surface area contributed by atoms with Crippen LogP contribution in [0.2, 0.25) is 5.02 Å². The Kier molecular flexibility index (Phi) is 5.23. The van der Waals surface area contributed by atoms with Crippen molar-refractivity contribution in [2.75, 3.05) is 5.32 Å². The maximum absolute atomic E-state index is 12.6. The van der Waals surface area contributed by atoms with Crippen LogP contribution in [0.4, 0.5) is 5.82 Å². The standard InChI is InChI=1S/C22H20ClN5OS/c23-18-11-17-20(26-22(29)16-12-24-30-13-16)27-28(10-4-5-14-8-9-14)21(17)25-19(18)15-6-2-1-3-7-15/h1-3,6-7,11-14H,4-5,8-10H2,(H,26,27,29). The average molecular weight is 438 g/mol. The molecule has 0 aliphatic heterocycles. The number of hydrogen-bond acceptors (Lipinski definition) is 5. The van der Waals surface area contributed by atoms with Crippen molar-refractivity contribution >= 4 is 45.9 Å². The molecule has 1 fully saturated rings. The lowest BCUT2D eigenvalue weighted by Crippen LogP contribution is -2.12. The number of rotatable bonds is 7. The van der Waals surface area contributed by atoms with Gasteiger partial charge in [-0.1, -0.05) is 54.8 Å². The van der Waals surface area contributed by atoms with E-state index in [4.69, 9.17) is 16.6 Å². The quantitative estimate of drug-likeness (QED) is 0.405. The number of carbonyl (C=O) groups is 1. The monoisotopic (exact) mass is 437 g/mol. The zero-order chi connectivity index (χ0) is 20.5. The van der Waals surface area contributed by atoms with Gasteiger partial charge in [-0.3, -0.25) is 4.79 Å². The number of nitrogens with zero attached hydrogens (tertiary/aromatic N) is 4. The molecule has 0 spiro atoms. The van der Waals surface area contributed by atoms with E-state index in [0.29, 0.717) is 22.1 Å². The van der Waals surface area contributed by atoms with Gasteiger partial charge in [0.25, 0.3) is 5.91 Å². The van der Waals surface area contributed by atoms with Crippen LogP contribution in [0.15, 0.2) is 48.0 Å². The number of nitrogens with one attached hydrogen (secondary N) is 1. The summed E-state index contributed by atoms with van der Waals surface area (Å²) in [6.07, 6.45) is 6.45. The maximum Gasteiger partial charge on any atom is 0.259 e. The minimum Gasteiger partial charge on any atom is -0.304 e. The second-order valence-corrected chi connectivity index (χ2v) is 8.65. The molecule has 4 aromatic rings. The van der Waals surface area contributed by atoms with Crippen molar-refractivity contribution in [1.82, 2.24) is 19.1 Å². The van der Waals surface area contributed by atoms with Crippen molar-refractivity contribution in [2.24, 2.45) is 5.92 Å². The smallest absolute Gasteiger partial charge is 0.259 e. The maximum atomic E-state index is 12.6. The number of benzene rings is 1. The molecule has 3 aromatic heterocycles. The number of aromatic nitrogens is 4. The van der Waals surface area contributed by atoms with Gasteiger partial charge in [-0.15, -0.1) is 0 Å². The van der Waals surface area contributed by atoms with Gasteiger partial charge < -0.3 is 5.32 Å². The van der Waals surface area contributed by atoms with E-state index >= 15 is 0 Å². The fourth-order valence-corrected chi connectivity index (χ4v) is 4.33. The zero-order valence-electron chi connectivity index (χ0n) is 16.2. The Hall–Kier alpha value is -2.77. The molecule has 0 saturated heterocycles. The van der Waals surface area contributed by atoms with Crippen LogP contribution in [-0.2, 0) is 6.54 Å². The van der Waals surface area contributed by atoms with E-state index in [-0.39, 0.29) is 5.91 Å². The molecule has 6 nitrogen and oxygen atoms in total. The van der Waals surface area contributed by atoms with E-state index in [1.165, 1.54) is 30.8 Å². The van der Waals surface area contributed by atoms with E-state index in [1.807, 2.05) is 41.1 Å². The molecule has 152 valence electrons. The molecule has 1 saturated carbocycles. The third-order valence-electron chi connectivity index (χ3n) is 5.33. The summed E-state index contributed by atoms with van der Waals surface area (Å²) in [5.41, 5.74) is 2.90. The van der Waals surface area contributed by atoms with Gasteiger partial charge in [0.1, 0.15) is 0 Å². The van der Waals surface area contributed by atoms with Crippen molar-refractivity contribution in [1.29, 1.82) is 0 Å². The predicted octanol–water partition coefficient (Wildman–Crippen LogP) is 5.65. The highest BCUT2D eigenvalue weighted by Gasteiger charge is 2.22. The molecule has 0 unspecified atom stereocenters. The molecule has 30 heavy (non-hydrogen) atoms. The third kappa shape index (κ3) is 3.95. The minimum atomic E-state index is -0.239. The van der Waals surface area contributed by atoms with Gasteiger partial charge in [0.2, 0.25) is 0 Å². The van der Waals surface area contributed by atoms with Crippen LogP contribution in [0.3, 0.4) is 0 Å².